The summed E-state index contributed by atoms with van der Waals surface area (Å²) in [6.45, 7) is 14.5. The van der Waals surface area contributed by atoms with Gasteiger partial charge in [-0.1, -0.05) is 113 Å². The minimum atomic E-state index is -0.824. The summed E-state index contributed by atoms with van der Waals surface area (Å²) < 4.78 is 0.463. The first-order chi connectivity index (χ1) is 9.40. The molecule has 0 radical (unpaired) electrons. The van der Waals surface area contributed by atoms with Crippen LogP contribution < -0.4 is 0 Å². The van der Waals surface area contributed by atoms with Crippen LogP contribution in [0.15, 0.2) is 30.3 Å². The van der Waals surface area contributed by atoms with Crippen molar-refractivity contribution < 1.29 is 0 Å². The van der Waals surface area contributed by atoms with E-state index in [2.05, 4.69) is 71.9 Å². The van der Waals surface area contributed by atoms with Crippen LogP contribution >= 0.6 is 0 Å². The lowest BCUT2D eigenvalue weighted by atomic mass is 9.95. The lowest BCUT2D eigenvalue weighted by Gasteiger charge is -2.37. The van der Waals surface area contributed by atoms with Crippen LogP contribution in [0, 0.1) is 11.8 Å². The maximum Gasteiger partial charge on any atom is 0.276 e. The van der Waals surface area contributed by atoms with Gasteiger partial charge in [-0.2, -0.15) is 0 Å². The summed E-state index contributed by atoms with van der Waals surface area (Å²) >= 11 is -0.824. The third kappa shape index (κ3) is 4.94. The van der Waals surface area contributed by atoms with Crippen molar-refractivity contribution in [2.45, 2.75) is 69.2 Å². The van der Waals surface area contributed by atoms with Gasteiger partial charge in [0.25, 0.3) is 14.1 Å². The molecule has 0 fully saturated rings. The molecule has 20 heavy (non-hydrogen) atoms. The molecule has 1 aromatic carbocycles. The summed E-state index contributed by atoms with van der Waals surface area (Å²) in [7, 11) is 0. The summed E-state index contributed by atoms with van der Waals surface area (Å²) in [5, 5.41) is 2.95. The first kappa shape index (κ1) is 17.8. The van der Waals surface area contributed by atoms with Gasteiger partial charge in [-0.25, -0.2) is 0 Å². The van der Waals surface area contributed by atoms with E-state index in [0.29, 0.717) is 4.28 Å². The number of hydrogen-bond donors (Lipinski definition) is 0. The minimum absolute atomic E-state index is 0.463. The molecule has 0 aliphatic carbocycles. The molecule has 0 aromatic heterocycles. The first-order valence-electron chi connectivity index (χ1n) is 8.45. The van der Waals surface area contributed by atoms with Crippen LogP contribution in [-0.4, -0.2) is 14.1 Å². The van der Waals surface area contributed by atoms with E-state index in [1.807, 2.05) is 0 Å². The fourth-order valence-electron chi connectivity index (χ4n) is 3.68. The Kier molecular flexibility index (Phi) is 7.35. The van der Waals surface area contributed by atoms with Crippen LogP contribution in [0.2, 0.25) is 10.6 Å². The van der Waals surface area contributed by atoms with Crippen molar-refractivity contribution in [3.05, 3.63) is 35.9 Å². The Morgan fingerprint density at radius 2 is 1.45 bits per heavy atom. The van der Waals surface area contributed by atoms with E-state index in [9.17, 15) is 0 Å². The maximum atomic E-state index is 2.56. The highest BCUT2D eigenvalue weighted by Gasteiger charge is 2.40. The number of rotatable bonds is 8. The molecule has 0 amide bonds. The Bertz CT molecular complexity index is 359. The molecule has 0 N–H and O–H groups in total. The standard InChI is InChI=1S/C11H15.2C4H9.Al/c1-3-7-10(2)11-8-5-4-6-9-11;2*1-4(2)3;/h4-6,8-9H,3,7H2,1-2H3;2*4H,1H2,2-3H3;. The summed E-state index contributed by atoms with van der Waals surface area (Å²) in [6, 6.07) is 11.3. The highest BCUT2D eigenvalue weighted by Crippen LogP contribution is 2.37. The topological polar surface area (TPSA) is 0 Å². The highest BCUT2D eigenvalue weighted by atomic mass is 27.2. The molecule has 0 spiro atoms. The summed E-state index contributed by atoms with van der Waals surface area (Å²) in [6.07, 6.45) is 2.65. The molecule has 0 nitrogen and oxygen atoms in total. The average molecular weight is 288 g/mol. The molecule has 1 atom stereocenters. The van der Waals surface area contributed by atoms with Gasteiger partial charge in [-0.3, -0.25) is 0 Å². The fraction of sp³-hybridized carbons (Fsp3) is 0.684. The Hall–Kier alpha value is -0.248. The minimum Gasteiger partial charge on any atom is -0.0909 e. The second-order valence-electron chi connectivity index (χ2n) is 7.49. The summed E-state index contributed by atoms with van der Waals surface area (Å²) in [5.74, 6) is 1.68. The lowest BCUT2D eigenvalue weighted by Crippen LogP contribution is -2.42. The molecule has 0 heterocycles. The molecule has 0 aliphatic rings. The van der Waals surface area contributed by atoms with Gasteiger partial charge in [0.15, 0.2) is 0 Å². The Balaban J connectivity index is 3.11. The van der Waals surface area contributed by atoms with Crippen LogP contribution in [0.1, 0.15) is 59.9 Å². The van der Waals surface area contributed by atoms with Crippen molar-refractivity contribution in [1.82, 2.24) is 0 Å². The van der Waals surface area contributed by atoms with E-state index in [1.165, 1.54) is 23.4 Å². The highest BCUT2D eigenvalue weighted by molar-refractivity contribution is 6.62. The third-order valence-electron chi connectivity index (χ3n) is 4.62. The van der Waals surface area contributed by atoms with Crippen molar-refractivity contribution in [3.63, 3.8) is 0 Å². The zero-order valence-electron chi connectivity index (χ0n) is 14.4. The van der Waals surface area contributed by atoms with Gasteiger partial charge >= 0.3 is 0 Å². The predicted molar refractivity (Wildman–Crippen MR) is 93.7 cm³/mol. The van der Waals surface area contributed by atoms with Gasteiger partial charge in [0.1, 0.15) is 0 Å². The lowest BCUT2D eigenvalue weighted by molar-refractivity contribution is 0.549. The van der Waals surface area contributed by atoms with Crippen molar-refractivity contribution in [2.75, 3.05) is 0 Å². The largest absolute Gasteiger partial charge is 0.276 e. The first-order valence-corrected chi connectivity index (χ1v) is 10.7. The van der Waals surface area contributed by atoms with Gasteiger partial charge in [0.2, 0.25) is 0 Å². The summed E-state index contributed by atoms with van der Waals surface area (Å²) in [5.41, 5.74) is 1.60. The van der Waals surface area contributed by atoms with Crippen LogP contribution in [0.25, 0.3) is 0 Å². The monoisotopic (exact) mass is 288 g/mol. The van der Waals surface area contributed by atoms with Crippen LogP contribution in [-0.2, 0) is 4.28 Å². The smallest absolute Gasteiger partial charge is 0.0909 e. The maximum absolute atomic E-state index is 2.56. The van der Waals surface area contributed by atoms with Crippen LogP contribution in [0.3, 0.4) is 0 Å². The molecular weight excluding hydrogens is 255 g/mol. The molecule has 0 saturated carbocycles. The second kappa shape index (κ2) is 8.26. The van der Waals surface area contributed by atoms with E-state index in [0.717, 1.165) is 11.8 Å². The normalized spacial score (nSPS) is 14.6. The SMILES string of the molecule is CCC[C](C)(c1ccccc1)[Al]([CH2]C(C)C)[CH2]C(C)C. The molecule has 1 heteroatoms. The molecule has 1 rings (SSSR count). The van der Waals surface area contributed by atoms with Crippen molar-refractivity contribution in [1.29, 1.82) is 0 Å². The molecule has 112 valence electrons. The number of hydrogen-bond acceptors (Lipinski definition) is 0. The van der Waals surface area contributed by atoms with Gasteiger partial charge in [-0.15, -0.1) is 0 Å². The van der Waals surface area contributed by atoms with E-state index in [1.54, 1.807) is 5.56 Å². The third-order valence-corrected chi connectivity index (χ3v) is 10.1. The molecule has 0 saturated heterocycles. The van der Waals surface area contributed by atoms with E-state index < -0.39 is 14.1 Å². The summed E-state index contributed by atoms with van der Waals surface area (Å²) in [4.78, 5) is 0. The van der Waals surface area contributed by atoms with Gasteiger partial charge in [0.05, 0.1) is 0 Å². The Morgan fingerprint density at radius 3 is 1.85 bits per heavy atom. The van der Waals surface area contributed by atoms with E-state index in [4.69, 9.17) is 0 Å². The molecule has 1 aromatic rings. The quantitative estimate of drug-likeness (QED) is 0.508. The van der Waals surface area contributed by atoms with Gasteiger partial charge in [-0.05, 0) is 4.28 Å². The second-order valence-corrected chi connectivity index (χ2v) is 11.1. The van der Waals surface area contributed by atoms with Crippen molar-refractivity contribution in [2.24, 2.45) is 11.8 Å². The number of benzene rings is 1. The van der Waals surface area contributed by atoms with Crippen LogP contribution in [0.5, 0.6) is 0 Å². The van der Waals surface area contributed by atoms with Gasteiger partial charge < -0.3 is 0 Å². The van der Waals surface area contributed by atoms with E-state index >= 15 is 0 Å². The average Bonchev–Trinajstić information content (AvgIpc) is 2.38. The molecule has 0 bridgehead atoms. The fourth-order valence-corrected chi connectivity index (χ4v) is 8.55. The predicted octanol–water partition coefficient (Wildman–Crippen LogP) is 6.09. The zero-order valence-corrected chi connectivity index (χ0v) is 15.6. The van der Waals surface area contributed by atoms with Gasteiger partial charge in [0, 0.05) is 0 Å². The Morgan fingerprint density at radius 1 is 0.950 bits per heavy atom. The van der Waals surface area contributed by atoms with E-state index in [-0.39, 0.29) is 0 Å². The molecule has 1 unspecified atom stereocenters. The Labute approximate surface area is 131 Å². The molecule has 0 aliphatic heterocycles. The van der Waals surface area contributed by atoms with Crippen molar-refractivity contribution >= 4 is 14.1 Å². The molecular formula is C19H33Al. The van der Waals surface area contributed by atoms with Crippen molar-refractivity contribution in [3.8, 4) is 0 Å². The zero-order chi connectivity index (χ0) is 15.2. The van der Waals surface area contributed by atoms with Crippen LogP contribution in [0.4, 0.5) is 0 Å².